The van der Waals surface area contributed by atoms with Gasteiger partial charge in [-0.05, 0) is 43.2 Å². The molecule has 2 rings (SSSR count). The molecular formula is C16H17BrN2O. The molecule has 0 saturated carbocycles. The van der Waals surface area contributed by atoms with Crippen molar-refractivity contribution in [3.8, 4) is 0 Å². The fourth-order valence-corrected chi connectivity index (χ4v) is 2.34. The molecule has 0 aromatic heterocycles. The standard InChI is InChI=1S/C16H17BrN2O/c1-11-6-3-4-9-15(11)19-16(20)18-12(2)13-7-5-8-14(17)10-13/h3-10,12H,1-2H3,(H2,18,19,20). The third kappa shape index (κ3) is 3.84. The molecule has 20 heavy (non-hydrogen) atoms. The summed E-state index contributed by atoms with van der Waals surface area (Å²) in [6, 6.07) is 15.3. The number of hydrogen-bond donors (Lipinski definition) is 2. The molecule has 2 aromatic carbocycles. The quantitative estimate of drug-likeness (QED) is 0.844. The van der Waals surface area contributed by atoms with Crippen LogP contribution in [0.1, 0.15) is 24.1 Å². The van der Waals surface area contributed by atoms with Crippen LogP contribution in [0.25, 0.3) is 0 Å². The van der Waals surface area contributed by atoms with Crippen molar-refractivity contribution in [1.82, 2.24) is 5.32 Å². The number of halogens is 1. The smallest absolute Gasteiger partial charge is 0.319 e. The molecule has 2 N–H and O–H groups in total. The number of hydrogen-bond acceptors (Lipinski definition) is 1. The maximum absolute atomic E-state index is 12.0. The molecule has 1 atom stereocenters. The van der Waals surface area contributed by atoms with Gasteiger partial charge < -0.3 is 10.6 Å². The molecule has 0 heterocycles. The molecule has 0 spiro atoms. The summed E-state index contributed by atoms with van der Waals surface area (Å²) in [5.74, 6) is 0. The van der Waals surface area contributed by atoms with Gasteiger partial charge in [0.15, 0.2) is 0 Å². The van der Waals surface area contributed by atoms with Crippen LogP contribution in [0.5, 0.6) is 0 Å². The van der Waals surface area contributed by atoms with Gasteiger partial charge in [0.2, 0.25) is 0 Å². The minimum absolute atomic E-state index is 0.0588. The van der Waals surface area contributed by atoms with E-state index in [1.807, 2.05) is 62.4 Å². The highest BCUT2D eigenvalue weighted by molar-refractivity contribution is 9.10. The fourth-order valence-electron chi connectivity index (χ4n) is 1.93. The average molecular weight is 333 g/mol. The van der Waals surface area contributed by atoms with E-state index in [0.29, 0.717) is 0 Å². The summed E-state index contributed by atoms with van der Waals surface area (Å²) in [6.45, 7) is 3.92. The van der Waals surface area contributed by atoms with Gasteiger partial charge in [-0.15, -0.1) is 0 Å². The first kappa shape index (κ1) is 14.6. The van der Waals surface area contributed by atoms with Crippen molar-refractivity contribution in [2.75, 3.05) is 5.32 Å². The van der Waals surface area contributed by atoms with E-state index >= 15 is 0 Å². The number of carbonyl (C=O) groups is 1. The van der Waals surface area contributed by atoms with Gasteiger partial charge in [0.1, 0.15) is 0 Å². The van der Waals surface area contributed by atoms with Crippen LogP contribution in [0.4, 0.5) is 10.5 Å². The van der Waals surface area contributed by atoms with Crippen LogP contribution in [-0.4, -0.2) is 6.03 Å². The van der Waals surface area contributed by atoms with Crippen LogP contribution in [0.3, 0.4) is 0 Å². The summed E-state index contributed by atoms with van der Waals surface area (Å²) in [5, 5.41) is 5.79. The van der Waals surface area contributed by atoms with Crippen LogP contribution in [-0.2, 0) is 0 Å². The zero-order valence-electron chi connectivity index (χ0n) is 11.5. The van der Waals surface area contributed by atoms with Crippen molar-refractivity contribution in [2.45, 2.75) is 19.9 Å². The molecule has 0 aliphatic rings. The number of aryl methyl sites for hydroxylation is 1. The fraction of sp³-hybridized carbons (Fsp3) is 0.188. The van der Waals surface area contributed by atoms with Crippen molar-refractivity contribution in [3.05, 3.63) is 64.1 Å². The van der Waals surface area contributed by atoms with Gasteiger partial charge in [-0.25, -0.2) is 4.79 Å². The van der Waals surface area contributed by atoms with E-state index in [9.17, 15) is 4.79 Å². The second-order valence-corrected chi connectivity index (χ2v) is 5.61. The van der Waals surface area contributed by atoms with Crippen molar-refractivity contribution in [2.24, 2.45) is 0 Å². The Morgan fingerprint density at radius 1 is 1.15 bits per heavy atom. The topological polar surface area (TPSA) is 41.1 Å². The Labute approximate surface area is 127 Å². The van der Waals surface area contributed by atoms with Gasteiger partial charge in [0, 0.05) is 10.2 Å². The predicted octanol–water partition coefficient (Wildman–Crippen LogP) is 4.64. The van der Waals surface area contributed by atoms with Gasteiger partial charge >= 0.3 is 6.03 Å². The third-order valence-electron chi connectivity index (χ3n) is 3.09. The molecule has 0 aliphatic heterocycles. The summed E-state index contributed by atoms with van der Waals surface area (Å²) in [6.07, 6.45) is 0. The summed E-state index contributed by atoms with van der Waals surface area (Å²) >= 11 is 3.43. The number of urea groups is 1. The van der Waals surface area contributed by atoms with Gasteiger partial charge in [-0.3, -0.25) is 0 Å². The van der Waals surface area contributed by atoms with E-state index < -0.39 is 0 Å². The number of nitrogens with one attached hydrogen (secondary N) is 2. The lowest BCUT2D eigenvalue weighted by atomic mass is 10.1. The highest BCUT2D eigenvalue weighted by Gasteiger charge is 2.10. The normalized spacial score (nSPS) is 11.8. The number of amides is 2. The molecule has 104 valence electrons. The SMILES string of the molecule is Cc1ccccc1NC(=O)NC(C)c1cccc(Br)c1. The van der Waals surface area contributed by atoms with E-state index in [4.69, 9.17) is 0 Å². The van der Waals surface area contributed by atoms with Crippen LogP contribution >= 0.6 is 15.9 Å². The van der Waals surface area contributed by atoms with Gasteiger partial charge in [-0.1, -0.05) is 46.3 Å². The van der Waals surface area contributed by atoms with Crippen molar-refractivity contribution >= 4 is 27.6 Å². The molecular weight excluding hydrogens is 316 g/mol. The first-order chi connectivity index (χ1) is 9.56. The molecule has 0 fully saturated rings. The van der Waals surface area contributed by atoms with Crippen LogP contribution < -0.4 is 10.6 Å². The molecule has 0 saturated heterocycles. The lowest BCUT2D eigenvalue weighted by Gasteiger charge is -2.16. The maximum atomic E-state index is 12.0. The molecule has 0 radical (unpaired) electrons. The zero-order chi connectivity index (χ0) is 14.5. The lowest BCUT2D eigenvalue weighted by Crippen LogP contribution is -2.31. The number of anilines is 1. The van der Waals surface area contributed by atoms with Crippen LogP contribution in [0.15, 0.2) is 53.0 Å². The van der Waals surface area contributed by atoms with Gasteiger partial charge in [0.05, 0.1) is 6.04 Å². The first-order valence-electron chi connectivity index (χ1n) is 6.45. The van der Waals surface area contributed by atoms with Crippen molar-refractivity contribution in [3.63, 3.8) is 0 Å². The van der Waals surface area contributed by atoms with Gasteiger partial charge in [0.25, 0.3) is 0 Å². The van der Waals surface area contributed by atoms with E-state index in [0.717, 1.165) is 21.3 Å². The van der Waals surface area contributed by atoms with E-state index in [2.05, 4.69) is 26.6 Å². The minimum atomic E-state index is -0.202. The molecule has 0 bridgehead atoms. The molecule has 1 unspecified atom stereocenters. The molecule has 3 nitrogen and oxygen atoms in total. The average Bonchev–Trinajstić information content (AvgIpc) is 2.41. The Balaban J connectivity index is 2.00. The van der Waals surface area contributed by atoms with E-state index in [1.165, 1.54) is 0 Å². The maximum Gasteiger partial charge on any atom is 0.319 e. The first-order valence-corrected chi connectivity index (χ1v) is 7.24. The third-order valence-corrected chi connectivity index (χ3v) is 3.58. The Bertz CT molecular complexity index is 613. The summed E-state index contributed by atoms with van der Waals surface area (Å²) < 4.78 is 1.00. The molecule has 4 heteroatoms. The number of rotatable bonds is 3. The lowest BCUT2D eigenvalue weighted by molar-refractivity contribution is 0.249. The highest BCUT2D eigenvalue weighted by Crippen LogP contribution is 2.18. The molecule has 0 aliphatic carbocycles. The second kappa shape index (κ2) is 6.57. The highest BCUT2D eigenvalue weighted by atomic mass is 79.9. The zero-order valence-corrected chi connectivity index (χ0v) is 13.1. The monoisotopic (exact) mass is 332 g/mol. The largest absolute Gasteiger partial charge is 0.331 e. The molecule has 2 aromatic rings. The van der Waals surface area contributed by atoms with Crippen LogP contribution in [0.2, 0.25) is 0 Å². The van der Waals surface area contributed by atoms with Crippen LogP contribution in [0, 0.1) is 6.92 Å². The van der Waals surface area contributed by atoms with Gasteiger partial charge in [-0.2, -0.15) is 0 Å². The van der Waals surface area contributed by atoms with Crippen molar-refractivity contribution < 1.29 is 4.79 Å². The number of carbonyl (C=O) groups excluding carboxylic acids is 1. The predicted molar refractivity (Wildman–Crippen MR) is 85.9 cm³/mol. The number of para-hydroxylation sites is 1. The molecule has 2 amide bonds. The second-order valence-electron chi connectivity index (χ2n) is 4.69. The van der Waals surface area contributed by atoms with E-state index in [1.54, 1.807) is 0 Å². The van der Waals surface area contributed by atoms with E-state index in [-0.39, 0.29) is 12.1 Å². The Kier molecular flexibility index (Phi) is 4.79. The Morgan fingerprint density at radius 3 is 2.60 bits per heavy atom. The minimum Gasteiger partial charge on any atom is -0.331 e. The summed E-state index contributed by atoms with van der Waals surface area (Å²) in [5.41, 5.74) is 2.92. The van der Waals surface area contributed by atoms with Crippen molar-refractivity contribution in [1.29, 1.82) is 0 Å². The summed E-state index contributed by atoms with van der Waals surface area (Å²) in [7, 11) is 0. The summed E-state index contributed by atoms with van der Waals surface area (Å²) in [4.78, 5) is 12.0. The Morgan fingerprint density at radius 2 is 1.90 bits per heavy atom. The number of benzene rings is 2. The Hall–Kier alpha value is -1.81.